The second-order valence-electron chi connectivity index (χ2n) is 2.24. The van der Waals surface area contributed by atoms with Crippen LogP contribution in [0.5, 0.6) is 5.88 Å². The number of ether oxygens (including phenoxy) is 1. The van der Waals surface area contributed by atoms with Crippen LogP contribution in [0.25, 0.3) is 5.57 Å². The first kappa shape index (κ1) is 7.85. The molecule has 1 heterocycles. The highest BCUT2D eigenvalue weighted by Crippen LogP contribution is 2.17. The molecule has 0 aromatic carbocycles. The molecule has 0 saturated heterocycles. The van der Waals surface area contributed by atoms with Crippen molar-refractivity contribution in [3.63, 3.8) is 0 Å². The summed E-state index contributed by atoms with van der Waals surface area (Å²) < 4.78 is 9.99. The minimum absolute atomic E-state index is 0.519. The van der Waals surface area contributed by atoms with E-state index in [0.29, 0.717) is 18.2 Å². The summed E-state index contributed by atoms with van der Waals surface area (Å²) in [5.41, 5.74) is 0.850. The molecule has 3 nitrogen and oxygen atoms in total. The van der Waals surface area contributed by atoms with Crippen molar-refractivity contribution < 1.29 is 9.26 Å². The molecule has 0 atom stereocenters. The van der Waals surface area contributed by atoms with Crippen LogP contribution in [-0.4, -0.2) is 11.8 Å². The predicted octanol–water partition coefficient (Wildman–Crippen LogP) is 2.11. The van der Waals surface area contributed by atoms with Gasteiger partial charge in [-0.2, -0.15) is 0 Å². The normalized spacial score (nSPS) is 9.64. The number of nitrogens with zero attached hydrogens (tertiary/aromatic N) is 1. The van der Waals surface area contributed by atoms with E-state index in [1.165, 1.54) is 0 Å². The lowest BCUT2D eigenvalue weighted by Gasteiger charge is -1.91. The molecule has 0 aliphatic heterocycles. The Kier molecular flexibility index (Phi) is 2.31. The summed E-state index contributed by atoms with van der Waals surface area (Å²) in [5.74, 6) is 1.19. The fraction of sp³-hybridized carbons (Fsp3) is 0.375. The van der Waals surface area contributed by atoms with E-state index in [1.54, 1.807) is 6.07 Å². The number of rotatable bonds is 3. The maximum Gasteiger partial charge on any atom is 0.254 e. The molecule has 0 aliphatic carbocycles. The van der Waals surface area contributed by atoms with Gasteiger partial charge in [-0.15, -0.1) is 0 Å². The summed E-state index contributed by atoms with van der Waals surface area (Å²) in [4.78, 5) is 0. The molecular weight excluding hydrogens is 142 g/mol. The van der Waals surface area contributed by atoms with Gasteiger partial charge in [0.25, 0.3) is 5.88 Å². The number of hydrogen-bond donors (Lipinski definition) is 0. The molecule has 0 bridgehead atoms. The molecule has 3 heteroatoms. The van der Waals surface area contributed by atoms with Gasteiger partial charge in [0.15, 0.2) is 5.76 Å². The Balaban J connectivity index is 2.73. The van der Waals surface area contributed by atoms with Crippen LogP contribution in [0, 0.1) is 0 Å². The molecule has 11 heavy (non-hydrogen) atoms. The van der Waals surface area contributed by atoms with E-state index in [2.05, 4.69) is 11.7 Å². The van der Waals surface area contributed by atoms with Gasteiger partial charge in [-0.25, -0.2) is 0 Å². The van der Waals surface area contributed by atoms with Crippen LogP contribution in [0.2, 0.25) is 0 Å². The lowest BCUT2D eigenvalue weighted by molar-refractivity contribution is 0.293. The van der Waals surface area contributed by atoms with Crippen molar-refractivity contribution in [2.75, 3.05) is 6.61 Å². The summed E-state index contributed by atoms with van der Waals surface area (Å²) in [6, 6.07) is 1.73. The monoisotopic (exact) mass is 153 g/mol. The summed E-state index contributed by atoms with van der Waals surface area (Å²) in [7, 11) is 0. The molecule has 0 aliphatic rings. The summed E-state index contributed by atoms with van der Waals surface area (Å²) in [6.07, 6.45) is 0. The van der Waals surface area contributed by atoms with Crippen molar-refractivity contribution in [3.05, 3.63) is 18.4 Å². The van der Waals surface area contributed by atoms with Crippen molar-refractivity contribution >= 4 is 5.57 Å². The van der Waals surface area contributed by atoms with Gasteiger partial charge < -0.3 is 9.26 Å². The predicted molar refractivity (Wildman–Crippen MR) is 42.4 cm³/mol. The van der Waals surface area contributed by atoms with Gasteiger partial charge in [0, 0.05) is 6.07 Å². The average molecular weight is 153 g/mol. The number of hydrogen-bond acceptors (Lipinski definition) is 3. The third-order valence-corrected chi connectivity index (χ3v) is 1.20. The van der Waals surface area contributed by atoms with Crippen LogP contribution in [0.1, 0.15) is 19.6 Å². The zero-order valence-corrected chi connectivity index (χ0v) is 6.76. The first-order valence-electron chi connectivity index (χ1n) is 3.49. The smallest absolute Gasteiger partial charge is 0.254 e. The van der Waals surface area contributed by atoms with Crippen LogP contribution in [0.3, 0.4) is 0 Å². The molecular formula is C8H11NO2. The van der Waals surface area contributed by atoms with E-state index in [-0.39, 0.29) is 0 Å². The van der Waals surface area contributed by atoms with Gasteiger partial charge in [-0.05, 0) is 24.6 Å². The van der Waals surface area contributed by atoms with Gasteiger partial charge in [0.1, 0.15) is 0 Å². The molecule has 0 spiro atoms. The fourth-order valence-corrected chi connectivity index (χ4v) is 0.676. The average Bonchev–Trinajstić information content (AvgIpc) is 2.37. The molecule has 1 aromatic heterocycles. The van der Waals surface area contributed by atoms with E-state index in [4.69, 9.17) is 9.26 Å². The SMILES string of the molecule is C=C(C)c1cc(OCC)no1. The lowest BCUT2D eigenvalue weighted by Crippen LogP contribution is -1.89. The Morgan fingerprint density at radius 2 is 2.55 bits per heavy atom. The van der Waals surface area contributed by atoms with Crippen molar-refractivity contribution in [3.8, 4) is 5.88 Å². The van der Waals surface area contributed by atoms with Gasteiger partial charge in [0.05, 0.1) is 6.61 Å². The molecule has 0 amide bonds. The topological polar surface area (TPSA) is 35.3 Å². The van der Waals surface area contributed by atoms with Gasteiger partial charge in [-0.1, -0.05) is 6.58 Å². The minimum atomic E-state index is 0.519. The summed E-state index contributed by atoms with van der Waals surface area (Å²) in [5, 5.41) is 3.67. The second-order valence-corrected chi connectivity index (χ2v) is 2.24. The van der Waals surface area contributed by atoms with Gasteiger partial charge in [-0.3, -0.25) is 0 Å². The Labute approximate surface area is 65.6 Å². The highest BCUT2D eigenvalue weighted by Gasteiger charge is 2.03. The van der Waals surface area contributed by atoms with Crippen LogP contribution in [0.4, 0.5) is 0 Å². The van der Waals surface area contributed by atoms with Crippen molar-refractivity contribution in [2.24, 2.45) is 0 Å². The maximum absolute atomic E-state index is 5.09. The first-order chi connectivity index (χ1) is 5.24. The van der Waals surface area contributed by atoms with E-state index in [0.717, 1.165) is 5.57 Å². The van der Waals surface area contributed by atoms with Crippen LogP contribution in [-0.2, 0) is 0 Å². The Morgan fingerprint density at radius 3 is 3.00 bits per heavy atom. The van der Waals surface area contributed by atoms with Crippen molar-refractivity contribution in [1.29, 1.82) is 0 Å². The molecule has 1 aromatic rings. The molecule has 0 saturated carbocycles. The third-order valence-electron chi connectivity index (χ3n) is 1.20. The highest BCUT2D eigenvalue weighted by atomic mass is 16.5. The molecule has 1 rings (SSSR count). The largest absolute Gasteiger partial charge is 0.476 e. The molecule has 0 radical (unpaired) electrons. The van der Waals surface area contributed by atoms with E-state index < -0.39 is 0 Å². The Morgan fingerprint density at radius 1 is 1.82 bits per heavy atom. The molecule has 0 unspecified atom stereocenters. The maximum atomic E-state index is 5.09. The number of allylic oxidation sites excluding steroid dienone is 1. The third kappa shape index (κ3) is 1.83. The molecule has 0 N–H and O–H groups in total. The van der Waals surface area contributed by atoms with Gasteiger partial charge in [0.2, 0.25) is 0 Å². The highest BCUT2D eigenvalue weighted by molar-refractivity contribution is 5.56. The Hall–Kier alpha value is -1.25. The standard InChI is InChI=1S/C8H11NO2/c1-4-10-8-5-7(6(2)3)11-9-8/h5H,2,4H2,1,3H3. The van der Waals surface area contributed by atoms with E-state index >= 15 is 0 Å². The Bertz CT molecular complexity index is 252. The molecule has 0 fully saturated rings. The zero-order valence-electron chi connectivity index (χ0n) is 6.76. The second kappa shape index (κ2) is 3.23. The summed E-state index contributed by atoms with van der Waals surface area (Å²) >= 11 is 0. The van der Waals surface area contributed by atoms with Crippen LogP contribution in [0.15, 0.2) is 17.2 Å². The van der Waals surface area contributed by atoms with E-state index in [9.17, 15) is 0 Å². The minimum Gasteiger partial charge on any atom is -0.476 e. The summed E-state index contributed by atoms with van der Waals surface area (Å²) in [6.45, 7) is 8.06. The number of aromatic nitrogens is 1. The fourth-order valence-electron chi connectivity index (χ4n) is 0.676. The van der Waals surface area contributed by atoms with Gasteiger partial charge >= 0.3 is 0 Å². The van der Waals surface area contributed by atoms with Crippen LogP contribution < -0.4 is 4.74 Å². The van der Waals surface area contributed by atoms with Crippen molar-refractivity contribution in [2.45, 2.75) is 13.8 Å². The quantitative estimate of drug-likeness (QED) is 0.667. The van der Waals surface area contributed by atoms with Crippen LogP contribution >= 0.6 is 0 Å². The van der Waals surface area contributed by atoms with Crippen molar-refractivity contribution in [1.82, 2.24) is 5.16 Å². The van der Waals surface area contributed by atoms with E-state index in [1.807, 2.05) is 13.8 Å². The molecule has 60 valence electrons. The first-order valence-corrected chi connectivity index (χ1v) is 3.49. The lowest BCUT2D eigenvalue weighted by atomic mass is 10.3. The zero-order chi connectivity index (χ0) is 8.27.